The van der Waals surface area contributed by atoms with Crippen LogP contribution >= 0.6 is 0 Å². The highest BCUT2D eigenvalue weighted by Crippen LogP contribution is 2.28. The van der Waals surface area contributed by atoms with E-state index in [0.717, 1.165) is 41.0 Å². The van der Waals surface area contributed by atoms with Crippen LogP contribution in [0.25, 0.3) is 22.5 Å². The fourth-order valence-electron chi connectivity index (χ4n) is 4.88. The zero-order chi connectivity index (χ0) is 24.7. The summed E-state index contributed by atoms with van der Waals surface area (Å²) < 4.78 is 9.36. The van der Waals surface area contributed by atoms with Crippen LogP contribution in [0.4, 0.5) is 0 Å². The Balaban J connectivity index is 0.000000149. The summed E-state index contributed by atoms with van der Waals surface area (Å²) in [5.74, 6) is 0. The third-order valence-electron chi connectivity index (χ3n) is 6.83. The lowest BCUT2D eigenvalue weighted by Crippen LogP contribution is -2.39. The summed E-state index contributed by atoms with van der Waals surface area (Å²) in [4.78, 5) is 17.9. The number of hydrogen-bond donors (Lipinski definition) is 0. The monoisotopic (exact) mass is 484 g/mol. The lowest BCUT2D eigenvalue weighted by atomic mass is 10.0. The zero-order valence-electron chi connectivity index (χ0n) is 20.7. The highest BCUT2D eigenvalue weighted by atomic mass is 16.5. The number of piperidine rings is 1. The Kier molecular flexibility index (Phi) is 7.64. The van der Waals surface area contributed by atoms with Gasteiger partial charge in [0.15, 0.2) is 6.29 Å². The molecular formula is C28H32N6O2. The summed E-state index contributed by atoms with van der Waals surface area (Å²) in [6, 6.07) is 18.4. The maximum absolute atomic E-state index is 11.1. The number of pyridine rings is 1. The second-order valence-corrected chi connectivity index (χ2v) is 9.23. The van der Waals surface area contributed by atoms with Gasteiger partial charge in [-0.1, -0.05) is 42.8 Å². The summed E-state index contributed by atoms with van der Waals surface area (Å²) in [6.45, 7) is 4.07. The number of carbonyl (C=O) groups excluding carboxylic acids is 1. The zero-order valence-corrected chi connectivity index (χ0v) is 20.7. The van der Waals surface area contributed by atoms with Gasteiger partial charge in [0.05, 0.1) is 37.7 Å². The van der Waals surface area contributed by atoms with Crippen molar-refractivity contribution in [3.63, 3.8) is 0 Å². The minimum absolute atomic E-state index is 0.497. The first kappa shape index (κ1) is 24.1. The molecule has 36 heavy (non-hydrogen) atoms. The fourth-order valence-corrected chi connectivity index (χ4v) is 4.88. The van der Waals surface area contributed by atoms with E-state index in [1.807, 2.05) is 65.5 Å². The normalized spacial score (nSPS) is 17.6. The Labute approximate surface area is 211 Å². The van der Waals surface area contributed by atoms with Crippen LogP contribution in [0.3, 0.4) is 0 Å². The van der Waals surface area contributed by atoms with Crippen molar-refractivity contribution in [1.82, 2.24) is 29.4 Å². The van der Waals surface area contributed by atoms with Crippen molar-refractivity contribution in [2.75, 3.05) is 20.2 Å². The molecule has 0 radical (unpaired) electrons. The topological polar surface area (TPSA) is 78.1 Å². The van der Waals surface area contributed by atoms with Crippen LogP contribution < -0.4 is 0 Å². The van der Waals surface area contributed by atoms with Gasteiger partial charge >= 0.3 is 0 Å². The molecule has 0 saturated carbocycles. The molecule has 1 unspecified atom stereocenters. The number of benzene rings is 1. The van der Waals surface area contributed by atoms with Crippen LogP contribution in [0, 0.1) is 0 Å². The Hall–Kier alpha value is -3.62. The molecular weight excluding hydrogens is 452 g/mol. The summed E-state index contributed by atoms with van der Waals surface area (Å²) in [5, 5.41) is 8.95. The van der Waals surface area contributed by atoms with Gasteiger partial charge in [0.25, 0.3) is 0 Å². The molecule has 8 heteroatoms. The molecule has 1 aromatic carbocycles. The number of likely N-dealkylation sites (tertiary alicyclic amines) is 1. The number of rotatable bonds is 5. The van der Waals surface area contributed by atoms with Gasteiger partial charge in [0, 0.05) is 24.0 Å². The molecule has 1 atom stereocenters. The van der Waals surface area contributed by atoms with Crippen molar-refractivity contribution in [3.05, 3.63) is 78.4 Å². The van der Waals surface area contributed by atoms with Gasteiger partial charge in [-0.05, 0) is 50.2 Å². The SMILES string of the molecule is CN1CCCCC1Cn1ccc(-c2ccccn2)n1.O=Cc1nn2c(c1-c1ccccc1)COCC2. The number of ether oxygens (including phenoxy) is 1. The van der Waals surface area contributed by atoms with Crippen molar-refractivity contribution in [3.8, 4) is 22.5 Å². The number of likely N-dealkylation sites (N-methyl/N-ethyl adjacent to an activating group) is 1. The molecule has 6 rings (SSSR count). The highest BCUT2D eigenvalue weighted by molar-refractivity contribution is 5.86. The predicted molar refractivity (Wildman–Crippen MR) is 138 cm³/mol. The van der Waals surface area contributed by atoms with Crippen molar-refractivity contribution in [2.24, 2.45) is 0 Å². The van der Waals surface area contributed by atoms with Crippen LogP contribution in [0.2, 0.25) is 0 Å². The van der Waals surface area contributed by atoms with Crippen LogP contribution in [0.1, 0.15) is 35.4 Å². The lowest BCUT2D eigenvalue weighted by Gasteiger charge is -2.32. The molecule has 2 aliphatic heterocycles. The maximum atomic E-state index is 11.1. The maximum Gasteiger partial charge on any atom is 0.170 e. The van der Waals surface area contributed by atoms with Crippen molar-refractivity contribution in [2.45, 2.75) is 45.0 Å². The first-order valence-electron chi connectivity index (χ1n) is 12.6. The van der Waals surface area contributed by atoms with Gasteiger partial charge < -0.3 is 9.64 Å². The number of nitrogens with zero attached hydrogens (tertiary/aromatic N) is 6. The van der Waals surface area contributed by atoms with Gasteiger partial charge in [-0.25, -0.2) is 0 Å². The van der Waals surface area contributed by atoms with Crippen LogP contribution in [-0.2, 0) is 24.4 Å². The molecule has 0 aliphatic carbocycles. The Morgan fingerprint density at radius 2 is 1.86 bits per heavy atom. The van der Waals surface area contributed by atoms with Gasteiger partial charge in [-0.3, -0.25) is 19.1 Å². The number of aromatic nitrogens is 5. The number of hydrogen-bond acceptors (Lipinski definition) is 6. The van der Waals surface area contributed by atoms with E-state index in [9.17, 15) is 4.79 Å². The van der Waals surface area contributed by atoms with Gasteiger partial charge in [-0.2, -0.15) is 10.2 Å². The third-order valence-corrected chi connectivity index (χ3v) is 6.83. The number of aldehydes is 1. The third kappa shape index (κ3) is 5.45. The number of fused-ring (bicyclic) bond motifs is 1. The molecule has 1 saturated heterocycles. The van der Waals surface area contributed by atoms with Crippen molar-refractivity contribution in [1.29, 1.82) is 0 Å². The standard InChI is InChI=1S/C15H20N4.C13H12N2O2/c1-18-10-5-3-6-13(18)12-19-11-8-15(17-19)14-7-2-4-9-16-14;16-8-11-13(10-4-2-1-3-5-10)12-9-17-7-6-15(12)14-11/h2,4,7-9,11,13H,3,5-6,10,12H2,1H3;1-5,8H,6-7,9H2. The minimum Gasteiger partial charge on any atom is -0.373 e. The van der Waals surface area contributed by atoms with E-state index in [1.165, 1.54) is 25.8 Å². The molecule has 0 bridgehead atoms. The molecule has 0 spiro atoms. The largest absolute Gasteiger partial charge is 0.373 e. The van der Waals surface area contributed by atoms with E-state index in [0.29, 0.717) is 31.5 Å². The average molecular weight is 485 g/mol. The Morgan fingerprint density at radius 3 is 2.64 bits per heavy atom. The first-order valence-corrected chi connectivity index (χ1v) is 12.6. The van der Waals surface area contributed by atoms with Crippen LogP contribution in [0.15, 0.2) is 67.0 Å². The van der Waals surface area contributed by atoms with E-state index in [-0.39, 0.29) is 0 Å². The quantitative estimate of drug-likeness (QED) is 0.393. The van der Waals surface area contributed by atoms with Crippen LogP contribution in [-0.4, -0.2) is 62.0 Å². The van der Waals surface area contributed by atoms with E-state index < -0.39 is 0 Å². The summed E-state index contributed by atoms with van der Waals surface area (Å²) in [7, 11) is 2.22. The smallest absolute Gasteiger partial charge is 0.170 e. The molecule has 4 aromatic rings. The molecule has 5 heterocycles. The summed E-state index contributed by atoms with van der Waals surface area (Å²) >= 11 is 0. The highest BCUT2D eigenvalue weighted by Gasteiger charge is 2.21. The second kappa shape index (κ2) is 11.4. The molecule has 186 valence electrons. The molecule has 8 nitrogen and oxygen atoms in total. The molecule has 0 N–H and O–H groups in total. The fraction of sp³-hybridized carbons (Fsp3) is 0.357. The van der Waals surface area contributed by atoms with E-state index in [2.05, 4.69) is 38.0 Å². The molecule has 2 aliphatic rings. The minimum atomic E-state index is 0.497. The van der Waals surface area contributed by atoms with Crippen LogP contribution in [0.5, 0.6) is 0 Å². The van der Waals surface area contributed by atoms with Crippen molar-refractivity contribution >= 4 is 6.29 Å². The molecule has 0 amide bonds. The van der Waals surface area contributed by atoms with Gasteiger partial charge in [0.1, 0.15) is 11.4 Å². The molecule has 3 aromatic heterocycles. The average Bonchev–Trinajstić information content (AvgIpc) is 3.56. The Bertz CT molecular complexity index is 1270. The summed E-state index contributed by atoms with van der Waals surface area (Å²) in [5.41, 5.74) is 5.31. The van der Waals surface area contributed by atoms with E-state index in [4.69, 9.17) is 4.74 Å². The first-order chi connectivity index (χ1) is 17.7. The Morgan fingerprint density at radius 1 is 1.00 bits per heavy atom. The second-order valence-electron chi connectivity index (χ2n) is 9.23. The lowest BCUT2D eigenvalue weighted by molar-refractivity contribution is 0.0803. The molecule has 1 fully saturated rings. The van der Waals surface area contributed by atoms with Gasteiger partial charge in [0.2, 0.25) is 0 Å². The summed E-state index contributed by atoms with van der Waals surface area (Å²) in [6.07, 6.45) is 8.62. The predicted octanol–water partition coefficient (Wildman–Crippen LogP) is 4.32. The van der Waals surface area contributed by atoms with Gasteiger partial charge in [-0.15, -0.1) is 0 Å². The number of carbonyl (C=O) groups is 1. The van der Waals surface area contributed by atoms with E-state index >= 15 is 0 Å². The van der Waals surface area contributed by atoms with Crippen molar-refractivity contribution < 1.29 is 9.53 Å². The van der Waals surface area contributed by atoms with E-state index in [1.54, 1.807) is 0 Å².